The molecular formula is C13H19N5O2. The smallest absolute Gasteiger partial charge is 0.273 e. The van der Waals surface area contributed by atoms with Crippen molar-refractivity contribution in [2.75, 3.05) is 12.3 Å². The number of H-pyrrole nitrogens is 1. The number of hydrogen-bond donors (Lipinski definition) is 3. The van der Waals surface area contributed by atoms with Crippen LogP contribution in [-0.2, 0) is 0 Å². The lowest BCUT2D eigenvalue weighted by Crippen LogP contribution is -2.27. The second-order valence-electron chi connectivity index (χ2n) is 5.77. The van der Waals surface area contributed by atoms with E-state index in [-0.39, 0.29) is 28.7 Å². The van der Waals surface area contributed by atoms with E-state index in [1.54, 1.807) is 0 Å². The first-order valence-electron chi connectivity index (χ1n) is 6.40. The first-order chi connectivity index (χ1) is 9.37. The fraction of sp³-hybridized carbons (Fsp3) is 0.462. The van der Waals surface area contributed by atoms with Gasteiger partial charge in [-0.05, 0) is 11.8 Å². The Hall–Kier alpha value is -2.31. The number of anilines is 1. The maximum absolute atomic E-state index is 11.9. The van der Waals surface area contributed by atoms with Crippen LogP contribution in [0.4, 0.5) is 5.82 Å². The summed E-state index contributed by atoms with van der Waals surface area (Å²) in [7, 11) is 0. The van der Waals surface area contributed by atoms with E-state index < -0.39 is 0 Å². The third-order valence-electron chi connectivity index (χ3n) is 2.78. The van der Waals surface area contributed by atoms with Gasteiger partial charge in [0.2, 0.25) is 5.89 Å². The van der Waals surface area contributed by atoms with E-state index in [0.29, 0.717) is 12.2 Å². The van der Waals surface area contributed by atoms with Crippen molar-refractivity contribution in [3.8, 4) is 11.6 Å². The Balaban J connectivity index is 1.99. The Morgan fingerprint density at radius 2 is 2.25 bits per heavy atom. The third kappa shape index (κ3) is 3.37. The number of nitrogen functional groups attached to an aromatic ring is 1. The number of amides is 1. The summed E-state index contributed by atoms with van der Waals surface area (Å²) in [6.07, 6.45) is 3.64. The van der Waals surface area contributed by atoms with Gasteiger partial charge >= 0.3 is 0 Å². The molecule has 2 aromatic rings. The lowest BCUT2D eigenvalue weighted by Gasteiger charge is -2.17. The van der Waals surface area contributed by atoms with Crippen molar-refractivity contribution >= 4 is 11.7 Å². The number of nitrogens with one attached hydrogen (secondary N) is 2. The topological polar surface area (TPSA) is 110 Å². The van der Waals surface area contributed by atoms with Crippen LogP contribution in [0.2, 0.25) is 0 Å². The highest BCUT2D eigenvalue weighted by Crippen LogP contribution is 2.21. The lowest BCUT2D eigenvalue weighted by atomic mass is 9.92. The average Bonchev–Trinajstić information content (AvgIpc) is 2.95. The van der Waals surface area contributed by atoms with Crippen molar-refractivity contribution in [1.82, 2.24) is 20.3 Å². The Labute approximate surface area is 117 Å². The van der Waals surface area contributed by atoms with Crippen LogP contribution >= 0.6 is 0 Å². The molecule has 2 heterocycles. The van der Waals surface area contributed by atoms with E-state index in [1.165, 1.54) is 12.6 Å². The number of nitrogens with two attached hydrogens (primary N) is 1. The molecule has 0 saturated heterocycles. The third-order valence-corrected chi connectivity index (χ3v) is 2.78. The predicted molar refractivity (Wildman–Crippen MR) is 74.9 cm³/mol. The van der Waals surface area contributed by atoms with Gasteiger partial charge in [-0.3, -0.25) is 4.79 Å². The quantitative estimate of drug-likeness (QED) is 0.789. The minimum atomic E-state index is -0.262. The highest BCUT2D eigenvalue weighted by Gasteiger charge is 2.17. The molecular weight excluding hydrogens is 258 g/mol. The fourth-order valence-corrected chi connectivity index (χ4v) is 1.61. The van der Waals surface area contributed by atoms with Gasteiger partial charge in [0, 0.05) is 6.54 Å². The minimum absolute atomic E-state index is 0.173. The first kappa shape index (κ1) is 14.1. The van der Waals surface area contributed by atoms with Crippen LogP contribution in [0, 0.1) is 5.41 Å². The van der Waals surface area contributed by atoms with Crippen LogP contribution in [0.5, 0.6) is 0 Å². The van der Waals surface area contributed by atoms with Gasteiger partial charge in [-0.25, -0.2) is 9.97 Å². The molecule has 1 amide bonds. The molecule has 0 aliphatic rings. The molecule has 0 aliphatic heterocycles. The predicted octanol–water partition coefficient (Wildman–Crippen LogP) is 1.81. The number of rotatable bonds is 4. The molecule has 0 bridgehead atoms. The van der Waals surface area contributed by atoms with Crippen LogP contribution in [0.3, 0.4) is 0 Å². The molecule has 4 N–H and O–H groups in total. The zero-order valence-electron chi connectivity index (χ0n) is 11.9. The molecule has 0 aromatic carbocycles. The number of hydrogen-bond acceptors (Lipinski definition) is 5. The molecule has 0 atom stereocenters. The molecule has 0 radical (unpaired) electrons. The second-order valence-corrected chi connectivity index (χ2v) is 5.77. The SMILES string of the molecule is CC(C)(C)CCNC(=O)c1coc(-c2[nH]cnc2N)n1. The van der Waals surface area contributed by atoms with Gasteiger partial charge in [0.15, 0.2) is 11.5 Å². The number of aromatic nitrogens is 3. The summed E-state index contributed by atoms with van der Waals surface area (Å²) in [6.45, 7) is 6.95. The maximum atomic E-state index is 11.9. The van der Waals surface area contributed by atoms with Crippen LogP contribution in [0.25, 0.3) is 11.6 Å². The van der Waals surface area contributed by atoms with Crippen LogP contribution in [0.1, 0.15) is 37.7 Å². The average molecular weight is 277 g/mol. The molecule has 0 saturated carbocycles. The number of oxazole rings is 1. The van der Waals surface area contributed by atoms with Crippen molar-refractivity contribution in [3.05, 3.63) is 18.3 Å². The summed E-state index contributed by atoms with van der Waals surface area (Å²) in [4.78, 5) is 22.7. The molecule has 20 heavy (non-hydrogen) atoms. The zero-order chi connectivity index (χ0) is 14.8. The summed E-state index contributed by atoms with van der Waals surface area (Å²) in [5.41, 5.74) is 6.51. The number of nitrogens with zero attached hydrogens (tertiary/aromatic N) is 2. The summed E-state index contributed by atoms with van der Waals surface area (Å²) in [6, 6.07) is 0. The first-order valence-corrected chi connectivity index (χ1v) is 6.40. The fourth-order valence-electron chi connectivity index (χ4n) is 1.61. The van der Waals surface area contributed by atoms with Crippen LogP contribution in [0.15, 0.2) is 17.0 Å². The van der Waals surface area contributed by atoms with Gasteiger partial charge in [0.05, 0.1) is 6.33 Å². The summed E-state index contributed by atoms with van der Waals surface area (Å²) < 4.78 is 5.24. The Morgan fingerprint density at radius 1 is 1.50 bits per heavy atom. The van der Waals surface area contributed by atoms with Crippen molar-refractivity contribution in [2.24, 2.45) is 5.41 Å². The monoisotopic (exact) mass is 277 g/mol. The Kier molecular flexibility index (Phi) is 3.78. The van der Waals surface area contributed by atoms with E-state index >= 15 is 0 Å². The van der Waals surface area contributed by atoms with E-state index in [9.17, 15) is 4.79 Å². The summed E-state index contributed by atoms with van der Waals surface area (Å²) >= 11 is 0. The van der Waals surface area contributed by atoms with Gasteiger partial charge in [-0.1, -0.05) is 20.8 Å². The van der Waals surface area contributed by atoms with E-state index in [2.05, 4.69) is 41.0 Å². The Morgan fingerprint density at radius 3 is 2.85 bits per heavy atom. The highest BCUT2D eigenvalue weighted by molar-refractivity contribution is 5.92. The minimum Gasteiger partial charge on any atom is -0.442 e. The highest BCUT2D eigenvalue weighted by atomic mass is 16.3. The largest absolute Gasteiger partial charge is 0.442 e. The second kappa shape index (κ2) is 5.36. The summed E-state index contributed by atoms with van der Waals surface area (Å²) in [5.74, 6) is 0.273. The molecule has 108 valence electrons. The van der Waals surface area contributed by atoms with Crippen molar-refractivity contribution < 1.29 is 9.21 Å². The van der Waals surface area contributed by atoms with Crippen molar-refractivity contribution in [2.45, 2.75) is 27.2 Å². The molecule has 7 nitrogen and oxygen atoms in total. The van der Waals surface area contributed by atoms with Crippen LogP contribution < -0.4 is 11.1 Å². The zero-order valence-corrected chi connectivity index (χ0v) is 11.9. The van der Waals surface area contributed by atoms with Gasteiger partial charge < -0.3 is 20.5 Å². The molecule has 0 aliphatic carbocycles. The van der Waals surface area contributed by atoms with Gasteiger partial charge in [-0.2, -0.15) is 0 Å². The van der Waals surface area contributed by atoms with E-state index in [4.69, 9.17) is 10.2 Å². The number of carbonyl (C=O) groups is 1. The molecule has 7 heteroatoms. The van der Waals surface area contributed by atoms with E-state index in [1.807, 2.05) is 0 Å². The molecule has 0 spiro atoms. The number of imidazole rings is 1. The molecule has 0 fully saturated rings. The molecule has 2 rings (SSSR count). The van der Waals surface area contributed by atoms with Gasteiger partial charge in [0.1, 0.15) is 12.0 Å². The summed E-state index contributed by atoms with van der Waals surface area (Å²) in [5, 5.41) is 2.81. The maximum Gasteiger partial charge on any atom is 0.273 e. The van der Waals surface area contributed by atoms with Crippen LogP contribution in [-0.4, -0.2) is 27.4 Å². The molecule has 2 aromatic heterocycles. The number of aromatic amines is 1. The standard InChI is InChI=1S/C13H19N5O2/c1-13(2,3)4-5-15-11(19)8-6-20-12(18-8)9-10(14)17-7-16-9/h6-7H,4-5,14H2,1-3H3,(H,15,19)(H,16,17). The molecule has 0 unspecified atom stereocenters. The lowest BCUT2D eigenvalue weighted by molar-refractivity contribution is 0.0944. The van der Waals surface area contributed by atoms with Crippen molar-refractivity contribution in [1.29, 1.82) is 0 Å². The number of carbonyl (C=O) groups excluding carboxylic acids is 1. The normalized spacial score (nSPS) is 11.6. The van der Waals surface area contributed by atoms with Gasteiger partial charge in [0.25, 0.3) is 5.91 Å². The van der Waals surface area contributed by atoms with E-state index in [0.717, 1.165) is 6.42 Å². The van der Waals surface area contributed by atoms with Gasteiger partial charge in [-0.15, -0.1) is 0 Å². The Bertz CT molecular complexity index is 594. The van der Waals surface area contributed by atoms with Crippen molar-refractivity contribution in [3.63, 3.8) is 0 Å².